The fraction of sp³-hybridized carbons (Fsp3) is 1.00. The molecule has 2 atom stereocenters. The van der Waals surface area contributed by atoms with Crippen molar-refractivity contribution < 1.29 is 26.6 Å². The molecule has 0 radical (unpaired) electrons. The monoisotopic (exact) mass is 502 g/mol. The van der Waals surface area contributed by atoms with Crippen LogP contribution in [0.15, 0.2) is 0 Å². The molecule has 0 N–H and O–H groups in total. The van der Waals surface area contributed by atoms with E-state index in [-0.39, 0.29) is 0 Å². The standard InChI is InChI=1S/C18H46O6SSi4/c1-19-28(20-2,21-3)17(26(7,8)9)13-15-25-16-14-18(27(10,11)12)29(22-4,23-5)24-6/h17-18H,13-16H2,1-12H3. The summed E-state index contributed by atoms with van der Waals surface area (Å²) in [7, 11) is 2.04. The van der Waals surface area contributed by atoms with Crippen LogP contribution in [0.2, 0.25) is 49.6 Å². The van der Waals surface area contributed by atoms with Crippen molar-refractivity contribution in [1.82, 2.24) is 0 Å². The van der Waals surface area contributed by atoms with Crippen LogP contribution < -0.4 is 0 Å². The Kier molecular flexibility index (Phi) is 13.3. The molecule has 0 rings (SSSR count). The number of rotatable bonds is 16. The van der Waals surface area contributed by atoms with Crippen LogP contribution in [0, 0.1) is 0 Å². The van der Waals surface area contributed by atoms with E-state index in [9.17, 15) is 0 Å². The van der Waals surface area contributed by atoms with E-state index < -0.39 is 33.8 Å². The van der Waals surface area contributed by atoms with Gasteiger partial charge in [0.15, 0.2) is 0 Å². The molecule has 2 unspecified atom stereocenters. The summed E-state index contributed by atoms with van der Waals surface area (Å²) in [5.41, 5.74) is 0. The number of hydrogen-bond donors (Lipinski definition) is 0. The quantitative estimate of drug-likeness (QED) is 0.223. The first kappa shape index (κ1) is 30.0. The first-order valence-corrected chi connectivity index (χ1v) is 22.1. The van der Waals surface area contributed by atoms with E-state index in [0.717, 1.165) is 24.3 Å². The maximum Gasteiger partial charge on any atom is 0.500 e. The van der Waals surface area contributed by atoms with Crippen LogP contribution in [0.3, 0.4) is 0 Å². The molecule has 0 fully saturated rings. The highest BCUT2D eigenvalue weighted by atomic mass is 32.2. The molecule has 6 nitrogen and oxygen atoms in total. The molecule has 0 aliphatic carbocycles. The third-order valence-corrected chi connectivity index (χ3v) is 24.6. The summed E-state index contributed by atoms with van der Waals surface area (Å²) >= 11 is 1.99. The van der Waals surface area contributed by atoms with Crippen LogP contribution in [0.1, 0.15) is 12.8 Å². The van der Waals surface area contributed by atoms with Crippen LogP contribution in [0.5, 0.6) is 0 Å². The molecular formula is C18H46O6SSi4. The zero-order valence-electron chi connectivity index (χ0n) is 20.8. The maximum absolute atomic E-state index is 5.83. The van der Waals surface area contributed by atoms with E-state index in [1.54, 1.807) is 42.7 Å². The summed E-state index contributed by atoms with van der Waals surface area (Å²) in [6.07, 6.45) is 2.11. The highest BCUT2D eigenvalue weighted by molar-refractivity contribution is 7.99. The van der Waals surface area contributed by atoms with Crippen molar-refractivity contribution in [3.05, 3.63) is 0 Å². The minimum absolute atomic E-state index is 0.376. The van der Waals surface area contributed by atoms with Crippen molar-refractivity contribution >= 4 is 45.5 Å². The average molecular weight is 503 g/mol. The third kappa shape index (κ3) is 8.12. The number of thioether (sulfide) groups is 1. The molecule has 0 amide bonds. The molecule has 176 valence electrons. The lowest BCUT2D eigenvalue weighted by molar-refractivity contribution is 0.118. The molecule has 29 heavy (non-hydrogen) atoms. The highest BCUT2D eigenvalue weighted by Gasteiger charge is 2.54. The van der Waals surface area contributed by atoms with E-state index in [0.29, 0.717) is 10.3 Å². The van der Waals surface area contributed by atoms with Gasteiger partial charge in [0, 0.05) is 53.0 Å². The summed E-state index contributed by atoms with van der Waals surface area (Å²) < 4.78 is 35.0. The second kappa shape index (κ2) is 12.9. The minimum atomic E-state index is -2.64. The minimum Gasteiger partial charge on any atom is -0.377 e. The first-order chi connectivity index (χ1) is 13.3. The molecule has 11 heteroatoms. The van der Waals surface area contributed by atoms with E-state index in [4.69, 9.17) is 26.6 Å². The van der Waals surface area contributed by atoms with Crippen LogP contribution >= 0.6 is 11.8 Å². The van der Waals surface area contributed by atoms with Crippen LogP contribution in [-0.2, 0) is 26.6 Å². The van der Waals surface area contributed by atoms with Gasteiger partial charge >= 0.3 is 17.6 Å². The molecule has 0 heterocycles. The Balaban J connectivity index is 5.07. The van der Waals surface area contributed by atoms with Gasteiger partial charge in [0.25, 0.3) is 0 Å². The first-order valence-electron chi connectivity index (χ1n) is 10.2. The van der Waals surface area contributed by atoms with Gasteiger partial charge in [-0.3, -0.25) is 0 Å². The Morgan fingerprint density at radius 1 is 0.517 bits per heavy atom. The van der Waals surface area contributed by atoms with Gasteiger partial charge in [-0.2, -0.15) is 11.8 Å². The van der Waals surface area contributed by atoms with Gasteiger partial charge in [-0.15, -0.1) is 0 Å². The zero-order valence-corrected chi connectivity index (χ0v) is 25.7. The summed E-state index contributed by atoms with van der Waals surface area (Å²) in [5, 5.41) is 0.751. The second-order valence-corrected chi connectivity index (χ2v) is 29.0. The van der Waals surface area contributed by atoms with E-state index in [2.05, 4.69) is 39.3 Å². The predicted molar refractivity (Wildman–Crippen MR) is 134 cm³/mol. The lowest BCUT2D eigenvalue weighted by Gasteiger charge is -2.40. The average Bonchev–Trinajstić information content (AvgIpc) is 2.65. The van der Waals surface area contributed by atoms with Crippen molar-refractivity contribution in [2.45, 2.75) is 62.5 Å². The van der Waals surface area contributed by atoms with Gasteiger partial charge in [-0.05, 0) is 24.3 Å². The van der Waals surface area contributed by atoms with Gasteiger partial charge in [-0.25, -0.2) is 0 Å². The molecule has 0 aliphatic rings. The summed E-state index contributed by atoms with van der Waals surface area (Å²) in [4.78, 5) is 0. The Bertz CT molecular complexity index is 394. The smallest absolute Gasteiger partial charge is 0.377 e. The summed E-state index contributed by atoms with van der Waals surface area (Å²) in [5.74, 6) is 2.14. The molecule has 0 aromatic heterocycles. The van der Waals surface area contributed by atoms with Gasteiger partial charge in [0.1, 0.15) is 0 Å². The van der Waals surface area contributed by atoms with Gasteiger partial charge < -0.3 is 26.6 Å². The largest absolute Gasteiger partial charge is 0.500 e. The predicted octanol–water partition coefficient (Wildman–Crippen LogP) is 4.75. The molecule has 0 bridgehead atoms. The normalized spacial score (nSPS) is 16.1. The van der Waals surface area contributed by atoms with Crippen LogP contribution in [0.25, 0.3) is 0 Å². The topological polar surface area (TPSA) is 55.4 Å². The van der Waals surface area contributed by atoms with Crippen molar-refractivity contribution in [2.75, 3.05) is 54.2 Å². The second-order valence-electron chi connectivity index (χ2n) is 9.46. The summed E-state index contributed by atoms with van der Waals surface area (Å²) in [6, 6.07) is 0. The fourth-order valence-electron chi connectivity index (χ4n) is 4.14. The Hall–Kier alpha value is 0.978. The van der Waals surface area contributed by atoms with Crippen LogP contribution in [0.4, 0.5) is 0 Å². The lowest BCUT2D eigenvalue weighted by atomic mass is 10.5. The molecule has 0 spiro atoms. The molecule has 0 saturated heterocycles. The van der Waals surface area contributed by atoms with E-state index in [1.165, 1.54) is 0 Å². The van der Waals surface area contributed by atoms with Crippen molar-refractivity contribution in [2.24, 2.45) is 0 Å². The molecule has 0 aromatic rings. The third-order valence-electron chi connectivity index (χ3n) is 5.75. The van der Waals surface area contributed by atoms with Gasteiger partial charge in [0.2, 0.25) is 0 Å². The highest BCUT2D eigenvalue weighted by Crippen LogP contribution is 2.39. The van der Waals surface area contributed by atoms with Crippen LogP contribution in [-0.4, -0.2) is 87.9 Å². The Labute approximate surface area is 188 Å². The fourth-order valence-corrected chi connectivity index (χ4v) is 22.3. The Morgan fingerprint density at radius 3 is 0.931 bits per heavy atom. The summed E-state index contributed by atoms with van der Waals surface area (Å²) in [6.45, 7) is 14.2. The molecule has 0 aromatic carbocycles. The van der Waals surface area contributed by atoms with E-state index in [1.807, 2.05) is 11.8 Å². The van der Waals surface area contributed by atoms with E-state index >= 15 is 0 Å². The van der Waals surface area contributed by atoms with Gasteiger partial charge in [0.05, 0.1) is 16.1 Å². The Morgan fingerprint density at radius 2 is 0.759 bits per heavy atom. The molecule has 0 aliphatic heterocycles. The SMILES string of the molecule is CO[Si](OC)(OC)C(CCSCCC([Si](C)(C)C)[Si](OC)(OC)OC)[Si](C)(C)C. The lowest BCUT2D eigenvalue weighted by Crippen LogP contribution is -2.56. The zero-order chi connectivity index (χ0) is 22.9. The van der Waals surface area contributed by atoms with Crippen molar-refractivity contribution in [3.8, 4) is 0 Å². The number of hydrogen-bond acceptors (Lipinski definition) is 7. The maximum atomic E-state index is 5.83. The van der Waals surface area contributed by atoms with Gasteiger partial charge in [-0.1, -0.05) is 39.3 Å². The van der Waals surface area contributed by atoms with Crippen molar-refractivity contribution in [3.63, 3.8) is 0 Å². The van der Waals surface area contributed by atoms with Crippen molar-refractivity contribution in [1.29, 1.82) is 0 Å². The molecule has 0 saturated carbocycles. The molecular weight excluding hydrogens is 457 g/mol.